The molecule has 2 amide bonds. The average molecular weight is 302 g/mol. The van der Waals surface area contributed by atoms with Crippen molar-refractivity contribution in [2.24, 2.45) is 0 Å². The Balaban J connectivity index is 4.03. The van der Waals surface area contributed by atoms with Crippen molar-refractivity contribution < 1.29 is 19.5 Å². The molecule has 0 aliphatic carbocycles. The van der Waals surface area contributed by atoms with Gasteiger partial charge in [0.2, 0.25) is 12.3 Å². The van der Waals surface area contributed by atoms with E-state index in [9.17, 15) is 14.4 Å². The molecule has 1 unspecified atom stereocenters. The van der Waals surface area contributed by atoms with Crippen LogP contribution < -0.4 is 5.32 Å². The van der Waals surface area contributed by atoms with Gasteiger partial charge in [-0.2, -0.15) is 11.8 Å². The summed E-state index contributed by atoms with van der Waals surface area (Å²) >= 11 is 1.36. The molecule has 0 bridgehead atoms. The molecule has 114 valence electrons. The number of carboxylic acids is 1. The van der Waals surface area contributed by atoms with E-state index >= 15 is 0 Å². The minimum Gasteiger partial charge on any atom is -0.480 e. The zero-order chi connectivity index (χ0) is 15.5. The summed E-state index contributed by atoms with van der Waals surface area (Å²) in [6, 6.07) is -0.896. The summed E-state index contributed by atoms with van der Waals surface area (Å²) in [5.74, 6) is -0.264. The number of rotatable bonds is 11. The highest BCUT2D eigenvalue weighted by Crippen LogP contribution is 2.08. The SMILES string of the molecule is C=C(C)CN(CC)C(=O)CSCCC(NC=O)C(=O)O. The molecule has 6 nitrogen and oxygen atoms in total. The molecule has 0 rings (SSSR count). The minimum absolute atomic E-state index is 0.00993. The van der Waals surface area contributed by atoms with Crippen molar-refractivity contribution in [2.75, 3.05) is 24.6 Å². The number of likely N-dealkylation sites (N-methyl/N-ethyl adjacent to an activating group) is 1. The lowest BCUT2D eigenvalue weighted by molar-refractivity contribution is -0.140. The van der Waals surface area contributed by atoms with Crippen molar-refractivity contribution in [1.29, 1.82) is 0 Å². The molecular formula is C13H22N2O4S. The van der Waals surface area contributed by atoms with Gasteiger partial charge in [-0.25, -0.2) is 4.79 Å². The van der Waals surface area contributed by atoms with Gasteiger partial charge in [-0.3, -0.25) is 9.59 Å². The van der Waals surface area contributed by atoms with E-state index < -0.39 is 12.0 Å². The largest absolute Gasteiger partial charge is 0.480 e. The Kier molecular flexibility index (Phi) is 9.53. The lowest BCUT2D eigenvalue weighted by Gasteiger charge is -2.20. The molecule has 20 heavy (non-hydrogen) atoms. The van der Waals surface area contributed by atoms with Crippen molar-refractivity contribution in [3.05, 3.63) is 12.2 Å². The number of carboxylic acid groups (broad SMARTS) is 1. The monoisotopic (exact) mass is 302 g/mol. The van der Waals surface area contributed by atoms with Gasteiger partial charge in [0.05, 0.1) is 5.75 Å². The number of thioether (sulfide) groups is 1. The van der Waals surface area contributed by atoms with Crippen molar-refractivity contribution in [3.8, 4) is 0 Å². The van der Waals surface area contributed by atoms with Crippen molar-refractivity contribution in [3.63, 3.8) is 0 Å². The molecule has 7 heteroatoms. The van der Waals surface area contributed by atoms with Crippen LogP contribution in [0.2, 0.25) is 0 Å². The van der Waals surface area contributed by atoms with Crippen LogP contribution in [0.1, 0.15) is 20.3 Å². The number of carbonyl (C=O) groups excluding carboxylic acids is 2. The fraction of sp³-hybridized carbons (Fsp3) is 0.615. The van der Waals surface area contributed by atoms with Gasteiger partial charge in [0, 0.05) is 13.1 Å². The van der Waals surface area contributed by atoms with Crippen LogP contribution >= 0.6 is 11.8 Å². The maximum atomic E-state index is 11.9. The van der Waals surface area contributed by atoms with E-state index in [-0.39, 0.29) is 5.91 Å². The maximum Gasteiger partial charge on any atom is 0.326 e. The molecule has 0 aromatic heterocycles. The fourth-order valence-corrected chi connectivity index (χ4v) is 2.42. The summed E-state index contributed by atoms with van der Waals surface area (Å²) in [7, 11) is 0. The topological polar surface area (TPSA) is 86.7 Å². The van der Waals surface area contributed by atoms with Gasteiger partial charge in [0.15, 0.2) is 0 Å². The smallest absolute Gasteiger partial charge is 0.326 e. The summed E-state index contributed by atoms with van der Waals surface area (Å²) in [4.78, 5) is 34.6. The number of hydrogen-bond donors (Lipinski definition) is 2. The Bertz CT molecular complexity index is 360. The van der Waals surface area contributed by atoms with Crippen LogP contribution in [0.25, 0.3) is 0 Å². The molecule has 0 saturated carbocycles. The summed E-state index contributed by atoms with van der Waals surface area (Å²) in [6.07, 6.45) is 0.666. The van der Waals surface area contributed by atoms with Crippen LogP contribution in [0.5, 0.6) is 0 Å². The van der Waals surface area contributed by atoms with Gasteiger partial charge < -0.3 is 15.3 Å². The highest BCUT2D eigenvalue weighted by atomic mass is 32.2. The zero-order valence-electron chi connectivity index (χ0n) is 11.9. The second-order valence-corrected chi connectivity index (χ2v) is 5.49. The van der Waals surface area contributed by atoms with E-state index in [1.807, 2.05) is 13.8 Å². The quantitative estimate of drug-likeness (QED) is 0.334. The number of aliphatic carboxylic acids is 1. The van der Waals surface area contributed by atoms with Gasteiger partial charge in [0.25, 0.3) is 0 Å². The molecule has 0 saturated heterocycles. The van der Waals surface area contributed by atoms with Gasteiger partial charge >= 0.3 is 5.97 Å². The van der Waals surface area contributed by atoms with E-state index in [0.717, 1.165) is 5.57 Å². The van der Waals surface area contributed by atoms with E-state index in [2.05, 4.69) is 11.9 Å². The van der Waals surface area contributed by atoms with Crippen molar-refractivity contribution >= 4 is 30.0 Å². The molecule has 0 aromatic rings. The molecular weight excluding hydrogens is 280 g/mol. The predicted molar refractivity (Wildman–Crippen MR) is 79.6 cm³/mol. The number of nitrogens with one attached hydrogen (secondary N) is 1. The standard InChI is InChI=1S/C13H22N2O4S/c1-4-15(7-10(2)3)12(17)8-20-6-5-11(13(18)19)14-9-16/h9,11H,2,4-8H2,1,3H3,(H,14,16)(H,18,19). The van der Waals surface area contributed by atoms with Gasteiger partial charge in [-0.05, 0) is 26.0 Å². The van der Waals surface area contributed by atoms with E-state index in [1.54, 1.807) is 4.90 Å². The molecule has 1 atom stereocenters. The maximum absolute atomic E-state index is 11.9. The molecule has 0 fully saturated rings. The van der Waals surface area contributed by atoms with Gasteiger partial charge in [-0.15, -0.1) is 0 Å². The van der Waals surface area contributed by atoms with Crippen LogP contribution in [0.3, 0.4) is 0 Å². The zero-order valence-corrected chi connectivity index (χ0v) is 12.7. The average Bonchev–Trinajstić information content (AvgIpc) is 2.38. The second-order valence-electron chi connectivity index (χ2n) is 4.38. The molecule has 0 aliphatic heterocycles. The molecule has 0 spiro atoms. The van der Waals surface area contributed by atoms with Crippen molar-refractivity contribution in [1.82, 2.24) is 10.2 Å². The third-order valence-corrected chi connectivity index (χ3v) is 3.51. The first-order valence-corrected chi connectivity index (χ1v) is 7.50. The molecule has 2 N–H and O–H groups in total. The molecule has 0 heterocycles. The third-order valence-electron chi connectivity index (χ3n) is 2.54. The Morgan fingerprint density at radius 1 is 1.50 bits per heavy atom. The number of amides is 2. The van der Waals surface area contributed by atoms with Crippen LogP contribution in [0, 0.1) is 0 Å². The Morgan fingerprint density at radius 3 is 2.60 bits per heavy atom. The minimum atomic E-state index is -1.07. The Labute approximate surface area is 123 Å². The highest BCUT2D eigenvalue weighted by molar-refractivity contribution is 7.99. The number of nitrogens with zero attached hydrogens (tertiary/aromatic N) is 1. The Hall–Kier alpha value is -1.50. The normalized spacial score (nSPS) is 11.5. The van der Waals surface area contributed by atoms with Crippen LogP contribution in [-0.4, -0.2) is 58.9 Å². The van der Waals surface area contributed by atoms with Gasteiger partial charge in [0.1, 0.15) is 6.04 Å². The van der Waals surface area contributed by atoms with E-state index in [1.165, 1.54) is 11.8 Å². The third kappa shape index (κ3) is 7.83. The summed E-state index contributed by atoms with van der Waals surface area (Å²) in [5.41, 5.74) is 0.923. The van der Waals surface area contributed by atoms with Gasteiger partial charge in [-0.1, -0.05) is 12.2 Å². The molecule has 0 aromatic carbocycles. The summed E-state index contributed by atoms with van der Waals surface area (Å²) < 4.78 is 0. The summed E-state index contributed by atoms with van der Waals surface area (Å²) in [5, 5.41) is 11.1. The van der Waals surface area contributed by atoms with Crippen LogP contribution in [-0.2, 0) is 14.4 Å². The molecule has 0 aliphatic rings. The number of hydrogen-bond acceptors (Lipinski definition) is 4. The second kappa shape index (κ2) is 10.3. The van der Waals surface area contributed by atoms with Crippen molar-refractivity contribution in [2.45, 2.75) is 26.3 Å². The first kappa shape index (κ1) is 18.5. The lowest BCUT2D eigenvalue weighted by Crippen LogP contribution is -2.36. The number of carbonyl (C=O) groups is 3. The summed E-state index contributed by atoms with van der Waals surface area (Å²) in [6.45, 7) is 8.71. The molecule has 0 radical (unpaired) electrons. The first-order valence-electron chi connectivity index (χ1n) is 6.34. The lowest BCUT2D eigenvalue weighted by atomic mass is 10.2. The predicted octanol–water partition coefficient (Wildman–Crippen LogP) is 0.733. The van der Waals surface area contributed by atoms with Crippen LogP contribution in [0.4, 0.5) is 0 Å². The van der Waals surface area contributed by atoms with Crippen LogP contribution in [0.15, 0.2) is 12.2 Å². The first-order chi connectivity index (χ1) is 9.42. The Morgan fingerprint density at radius 2 is 2.15 bits per heavy atom. The fourth-order valence-electron chi connectivity index (χ4n) is 1.51. The van der Waals surface area contributed by atoms with E-state index in [4.69, 9.17) is 5.11 Å². The highest BCUT2D eigenvalue weighted by Gasteiger charge is 2.16. The van der Waals surface area contributed by atoms with E-state index in [0.29, 0.717) is 37.4 Å².